The third-order valence-electron chi connectivity index (χ3n) is 3.39. The Labute approximate surface area is 137 Å². The summed E-state index contributed by atoms with van der Waals surface area (Å²) in [4.78, 5) is 23.4. The number of carbonyl (C=O) groups excluding carboxylic acids is 1. The molecule has 0 saturated heterocycles. The van der Waals surface area contributed by atoms with Gasteiger partial charge in [-0.3, -0.25) is 4.79 Å². The van der Waals surface area contributed by atoms with E-state index in [4.69, 9.17) is 9.15 Å². The monoisotopic (exact) mass is 325 g/mol. The Bertz CT molecular complexity index is 922. The highest BCUT2D eigenvalue weighted by Crippen LogP contribution is 2.23. The Kier molecular flexibility index (Phi) is 4.51. The van der Waals surface area contributed by atoms with Gasteiger partial charge in [0.15, 0.2) is 12.4 Å². The molecule has 0 radical (unpaired) electrons. The van der Waals surface area contributed by atoms with Gasteiger partial charge in [0.2, 0.25) is 0 Å². The molecule has 0 aliphatic carbocycles. The van der Waals surface area contributed by atoms with Crippen LogP contribution in [-0.4, -0.2) is 22.7 Å². The first-order valence-electron chi connectivity index (χ1n) is 7.43. The number of nitrogens with one attached hydrogen (secondary N) is 1. The van der Waals surface area contributed by atoms with Gasteiger partial charge in [-0.15, -0.1) is 5.10 Å². The second-order valence-electron chi connectivity index (χ2n) is 5.05. The van der Waals surface area contributed by atoms with Crippen molar-refractivity contribution in [2.75, 3.05) is 11.9 Å². The van der Waals surface area contributed by atoms with Gasteiger partial charge in [-0.25, -0.2) is 4.79 Å². The quantitative estimate of drug-likeness (QED) is 0.722. The molecule has 0 saturated carbocycles. The second kappa shape index (κ2) is 6.91. The Balaban J connectivity index is 1.71. The number of amides is 1. The van der Waals surface area contributed by atoms with Crippen molar-refractivity contribution in [2.45, 2.75) is 13.3 Å². The third kappa shape index (κ3) is 3.57. The third-order valence-corrected chi connectivity index (χ3v) is 3.39. The minimum Gasteiger partial charge on any atom is -0.484 e. The molecule has 0 aliphatic heterocycles. The van der Waals surface area contributed by atoms with Crippen molar-refractivity contribution in [1.82, 2.24) is 10.2 Å². The zero-order valence-electron chi connectivity index (χ0n) is 13.0. The van der Waals surface area contributed by atoms with Crippen molar-refractivity contribution in [2.24, 2.45) is 0 Å². The van der Waals surface area contributed by atoms with Gasteiger partial charge in [-0.1, -0.05) is 6.92 Å². The number of aryl methyl sites for hydroxylation is 1. The number of benzene rings is 1. The fraction of sp³-hybridized carbons (Fsp3) is 0.176. The number of aromatic nitrogens is 2. The second-order valence-corrected chi connectivity index (χ2v) is 5.05. The smallest absolute Gasteiger partial charge is 0.336 e. The summed E-state index contributed by atoms with van der Waals surface area (Å²) in [5.74, 6) is 0.427. The average Bonchev–Trinajstić information content (AvgIpc) is 2.59. The Hall–Kier alpha value is -3.22. The topological polar surface area (TPSA) is 94.3 Å². The molecule has 3 rings (SSSR count). The lowest BCUT2D eigenvalue weighted by molar-refractivity contribution is -0.118. The molecule has 0 fully saturated rings. The van der Waals surface area contributed by atoms with Gasteiger partial charge in [-0.05, 0) is 36.2 Å². The van der Waals surface area contributed by atoms with Gasteiger partial charge in [0.05, 0.1) is 0 Å². The first kappa shape index (κ1) is 15.7. The van der Waals surface area contributed by atoms with Gasteiger partial charge in [0.25, 0.3) is 5.91 Å². The fourth-order valence-electron chi connectivity index (χ4n) is 2.29. The van der Waals surface area contributed by atoms with E-state index in [2.05, 4.69) is 15.5 Å². The van der Waals surface area contributed by atoms with Crippen molar-refractivity contribution in [3.8, 4) is 5.75 Å². The van der Waals surface area contributed by atoms with Crippen molar-refractivity contribution >= 4 is 22.7 Å². The summed E-state index contributed by atoms with van der Waals surface area (Å²) in [6.07, 6.45) is 2.24. The number of fused-ring (bicyclic) bond motifs is 1. The highest BCUT2D eigenvalue weighted by Gasteiger charge is 2.08. The molecular formula is C17H15N3O4. The summed E-state index contributed by atoms with van der Waals surface area (Å²) in [7, 11) is 0. The van der Waals surface area contributed by atoms with Gasteiger partial charge >= 0.3 is 5.63 Å². The fourth-order valence-corrected chi connectivity index (χ4v) is 2.29. The summed E-state index contributed by atoms with van der Waals surface area (Å²) < 4.78 is 10.6. The number of ether oxygens (including phenoxy) is 1. The molecule has 3 aromatic rings. The molecule has 122 valence electrons. The first-order chi connectivity index (χ1) is 11.7. The summed E-state index contributed by atoms with van der Waals surface area (Å²) in [6, 6.07) is 9.93. The van der Waals surface area contributed by atoms with Gasteiger partial charge < -0.3 is 14.5 Å². The predicted octanol–water partition coefficient (Wildman–Crippen LogP) is 2.16. The zero-order valence-corrected chi connectivity index (χ0v) is 13.0. The molecule has 24 heavy (non-hydrogen) atoms. The van der Waals surface area contributed by atoms with Crippen LogP contribution < -0.4 is 15.7 Å². The van der Waals surface area contributed by atoms with Crippen molar-refractivity contribution in [3.05, 3.63) is 58.6 Å². The van der Waals surface area contributed by atoms with E-state index in [9.17, 15) is 9.59 Å². The zero-order chi connectivity index (χ0) is 16.9. The van der Waals surface area contributed by atoms with E-state index in [0.717, 1.165) is 17.4 Å². The minimum absolute atomic E-state index is 0.195. The van der Waals surface area contributed by atoms with Crippen LogP contribution in [0.3, 0.4) is 0 Å². The summed E-state index contributed by atoms with van der Waals surface area (Å²) in [5, 5.41) is 10.8. The van der Waals surface area contributed by atoms with Crippen LogP contribution in [0.2, 0.25) is 0 Å². The molecule has 0 spiro atoms. The number of hydrogen-bond acceptors (Lipinski definition) is 6. The first-order valence-corrected chi connectivity index (χ1v) is 7.43. The summed E-state index contributed by atoms with van der Waals surface area (Å²) >= 11 is 0. The minimum atomic E-state index is -0.406. The van der Waals surface area contributed by atoms with Crippen molar-refractivity contribution in [3.63, 3.8) is 0 Å². The van der Waals surface area contributed by atoms with Gasteiger partial charge in [0, 0.05) is 23.7 Å². The normalized spacial score (nSPS) is 10.5. The van der Waals surface area contributed by atoms with Crippen molar-refractivity contribution in [1.29, 1.82) is 0 Å². The molecule has 2 heterocycles. The summed E-state index contributed by atoms with van der Waals surface area (Å²) in [5.41, 5.74) is 0.941. The van der Waals surface area contributed by atoms with E-state index < -0.39 is 5.63 Å². The van der Waals surface area contributed by atoms with Crippen LogP contribution in [-0.2, 0) is 11.2 Å². The van der Waals surface area contributed by atoms with E-state index in [0.29, 0.717) is 17.2 Å². The van der Waals surface area contributed by atoms with E-state index in [-0.39, 0.29) is 12.5 Å². The van der Waals surface area contributed by atoms with Crippen LogP contribution in [0.25, 0.3) is 11.0 Å². The standard InChI is InChI=1S/C17H15N3O4/c1-2-11-8-17(22)24-14-9-12(5-6-13(11)14)23-10-16(21)19-15-4-3-7-18-20-15/h3-9H,2,10H2,1H3,(H,19,20,21). The Morgan fingerprint density at radius 3 is 2.92 bits per heavy atom. The molecule has 0 unspecified atom stereocenters. The molecule has 2 aromatic heterocycles. The van der Waals surface area contributed by atoms with E-state index in [1.54, 1.807) is 24.3 Å². The molecule has 0 atom stereocenters. The highest BCUT2D eigenvalue weighted by molar-refractivity contribution is 5.91. The molecular weight excluding hydrogens is 310 g/mol. The van der Waals surface area contributed by atoms with E-state index in [1.807, 2.05) is 13.0 Å². The largest absolute Gasteiger partial charge is 0.484 e. The maximum atomic E-state index is 11.8. The molecule has 0 bridgehead atoms. The number of nitrogens with zero attached hydrogens (tertiary/aromatic N) is 2. The van der Waals surface area contributed by atoms with Crippen LogP contribution in [0.1, 0.15) is 12.5 Å². The van der Waals surface area contributed by atoms with E-state index >= 15 is 0 Å². The molecule has 7 heteroatoms. The lowest BCUT2D eigenvalue weighted by Crippen LogP contribution is -2.20. The number of anilines is 1. The Morgan fingerprint density at radius 2 is 2.17 bits per heavy atom. The molecule has 1 aromatic carbocycles. The number of rotatable bonds is 5. The maximum Gasteiger partial charge on any atom is 0.336 e. The number of carbonyl (C=O) groups is 1. The molecule has 7 nitrogen and oxygen atoms in total. The average molecular weight is 325 g/mol. The van der Waals surface area contributed by atoms with Gasteiger partial charge in [0.1, 0.15) is 11.3 Å². The Morgan fingerprint density at radius 1 is 1.29 bits per heavy atom. The highest BCUT2D eigenvalue weighted by atomic mass is 16.5. The molecule has 1 N–H and O–H groups in total. The van der Waals surface area contributed by atoms with E-state index in [1.165, 1.54) is 12.3 Å². The predicted molar refractivity (Wildman–Crippen MR) is 88.0 cm³/mol. The van der Waals surface area contributed by atoms with Crippen LogP contribution in [0.4, 0.5) is 5.82 Å². The van der Waals surface area contributed by atoms with Crippen molar-refractivity contribution < 1.29 is 13.9 Å². The lowest BCUT2D eigenvalue weighted by atomic mass is 10.1. The molecule has 0 aliphatic rings. The molecule has 1 amide bonds. The van der Waals surface area contributed by atoms with Crippen LogP contribution in [0, 0.1) is 0 Å². The number of hydrogen-bond donors (Lipinski definition) is 1. The van der Waals surface area contributed by atoms with Crippen LogP contribution in [0.15, 0.2) is 51.8 Å². The summed E-state index contributed by atoms with van der Waals surface area (Å²) in [6.45, 7) is 1.77. The SMILES string of the molecule is CCc1cc(=O)oc2cc(OCC(=O)Nc3cccnn3)ccc12. The van der Waals surface area contributed by atoms with Crippen LogP contribution in [0.5, 0.6) is 5.75 Å². The van der Waals surface area contributed by atoms with Crippen LogP contribution >= 0.6 is 0 Å². The maximum absolute atomic E-state index is 11.8. The lowest BCUT2D eigenvalue weighted by Gasteiger charge is -2.08. The van der Waals surface area contributed by atoms with Gasteiger partial charge in [-0.2, -0.15) is 5.10 Å².